The molecule has 0 amide bonds. The Morgan fingerprint density at radius 1 is 1.40 bits per heavy atom. The van der Waals surface area contributed by atoms with Gasteiger partial charge in [-0.1, -0.05) is 0 Å². The molecular weight excluding hydrogens is 138 g/mol. The van der Waals surface area contributed by atoms with Crippen molar-refractivity contribution in [2.24, 2.45) is 16.6 Å². The van der Waals surface area contributed by atoms with Crippen LogP contribution < -0.4 is 28.1 Å². The van der Waals surface area contributed by atoms with E-state index in [1.165, 1.54) is 0 Å². The highest BCUT2D eigenvalue weighted by atomic mass is 16.2. The van der Waals surface area contributed by atoms with Crippen LogP contribution in [0.1, 0.15) is 0 Å². The summed E-state index contributed by atoms with van der Waals surface area (Å²) in [5.41, 5.74) is 10.5. The van der Waals surface area contributed by atoms with Crippen LogP contribution in [0.25, 0.3) is 0 Å². The topological polar surface area (TPSA) is 116 Å². The molecule has 0 aliphatic heterocycles. The van der Waals surface area contributed by atoms with E-state index in [2.05, 4.69) is 5.10 Å². The van der Waals surface area contributed by atoms with Crippen LogP contribution in [0.5, 0.6) is 0 Å². The molecule has 0 unspecified atom stereocenters. The highest BCUT2D eigenvalue weighted by molar-refractivity contribution is 5.75. The number of hydrogen-bond acceptors (Lipinski definition) is 4. The fourth-order valence-electron chi connectivity index (χ4n) is 0.333. The van der Waals surface area contributed by atoms with Gasteiger partial charge in [0, 0.05) is 0 Å². The monoisotopic (exact) mass is 143 g/mol. The summed E-state index contributed by atoms with van der Waals surface area (Å²) in [6, 6.07) is 0. The number of nitrogens with two attached hydrogens (primary N) is 2. The molecule has 0 spiro atoms. The Morgan fingerprint density at radius 2 is 1.90 bits per heavy atom. The first-order valence-electron chi connectivity index (χ1n) is 2.35. The molecule has 0 aromatic carbocycles. The molecule has 1 rings (SSSR count). The number of hydrogen-bond donors (Lipinski definition) is 3. The predicted molar refractivity (Wildman–Crippen MR) is 34.5 cm³/mol. The minimum Gasteiger partial charge on any atom is -0.369 e. The molecule has 0 saturated carbocycles. The van der Waals surface area contributed by atoms with Crippen LogP contribution in [0.2, 0.25) is 0 Å². The van der Waals surface area contributed by atoms with Crippen molar-refractivity contribution in [3.05, 3.63) is 20.7 Å². The lowest BCUT2D eigenvalue weighted by Gasteiger charge is -1.89. The van der Waals surface area contributed by atoms with Crippen molar-refractivity contribution >= 4 is 5.96 Å². The number of aromatic nitrogens is 1. The van der Waals surface area contributed by atoms with Gasteiger partial charge in [-0.2, -0.15) is 4.68 Å². The van der Waals surface area contributed by atoms with E-state index >= 15 is 0 Å². The van der Waals surface area contributed by atoms with Crippen molar-refractivity contribution in [1.29, 1.82) is 0 Å². The number of guanidine groups is 1. The molecule has 5 N–H and O–H groups in total. The van der Waals surface area contributed by atoms with Crippen molar-refractivity contribution in [2.45, 2.75) is 0 Å². The van der Waals surface area contributed by atoms with Crippen LogP contribution in [0.15, 0.2) is 14.7 Å². The largest absolute Gasteiger partial charge is 0.369 e. The smallest absolute Gasteiger partial charge is 0.341 e. The zero-order valence-electron chi connectivity index (χ0n) is 4.87. The lowest BCUT2D eigenvalue weighted by Crippen LogP contribution is -2.25. The minimum absolute atomic E-state index is 0.243. The molecule has 0 radical (unpaired) electrons. The molecule has 0 aliphatic rings. The molecule has 0 aliphatic carbocycles. The summed E-state index contributed by atoms with van der Waals surface area (Å²) in [5.74, 6) is -0.243. The Labute approximate surface area is 54.6 Å². The Kier molecular flexibility index (Phi) is 1.18. The second-order valence-corrected chi connectivity index (χ2v) is 1.58. The maximum Gasteiger partial charge on any atom is 0.341 e. The van der Waals surface area contributed by atoms with E-state index < -0.39 is 11.1 Å². The molecule has 0 saturated heterocycles. The Hall–Kier alpha value is -1.79. The first-order chi connectivity index (χ1) is 4.63. The zero-order valence-corrected chi connectivity index (χ0v) is 4.87. The Morgan fingerprint density at radius 3 is 2.20 bits per heavy atom. The van der Waals surface area contributed by atoms with Gasteiger partial charge in [-0.15, -0.1) is 5.10 Å². The van der Waals surface area contributed by atoms with Crippen LogP contribution in [0, 0.1) is 0 Å². The maximum absolute atomic E-state index is 10.2. The number of nitrogens with zero attached hydrogens (tertiary/aromatic N) is 2. The average Bonchev–Trinajstić information content (AvgIpc) is 2.38. The SMILES string of the molecule is NC(N)=NNn1c(=O)c1=O. The van der Waals surface area contributed by atoms with E-state index in [1.807, 2.05) is 5.53 Å². The van der Waals surface area contributed by atoms with Gasteiger partial charge >= 0.3 is 11.1 Å². The third-order valence-corrected chi connectivity index (χ3v) is 0.818. The second kappa shape index (κ2) is 1.87. The third-order valence-electron chi connectivity index (χ3n) is 0.818. The molecule has 10 heavy (non-hydrogen) atoms. The van der Waals surface area contributed by atoms with Gasteiger partial charge < -0.3 is 11.5 Å². The molecule has 1 aromatic rings. The number of nitrogens with one attached hydrogen (secondary N) is 1. The van der Waals surface area contributed by atoms with Gasteiger partial charge in [-0.25, -0.2) is 5.53 Å². The van der Waals surface area contributed by atoms with E-state index in [-0.39, 0.29) is 5.96 Å². The van der Waals surface area contributed by atoms with Gasteiger partial charge in [-0.3, -0.25) is 9.59 Å². The molecule has 1 heterocycles. The predicted octanol–water partition coefficient (Wildman–Crippen LogP) is -3.18. The van der Waals surface area contributed by atoms with Crippen molar-refractivity contribution in [3.63, 3.8) is 0 Å². The molecule has 0 atom stereocenters. The van der Waals surface area contributed by atoms with Gasteiger partial charge in [0.25, 0.3) is 0 Å². The van der Waals surface area contributed by atoms with Crippen LogP contribution in [-0.2, 0) is 0 Å². The Balaban J connectivity index is 2.60. The van der Waals surface area contributed by atoms with Crippen molar-refractivity contribution < 1.29 is 0 Å². The molecule has 0 fully saturated rings. The van der Waals surface area contributed by atoms with E-state index in [1.54, 1.807) is 0 Å². The van der Waals surface area contributed by atoms with E-state index in [0.29, 0.717) is 4.68 Å². The third kappa shape index (κ3) is 0.966. The summed E-state index contributed by atoms with van der Waals surface area (Å²) >= 11 is 0. The first kappa shape index (κ1) is 6.33. The van der Waals surface area contributed by atoms with Crippen LogP contribution in [0.4, 0.5) is 0 Å². The van der Waals surface area contributed by atoms with Crippen molar-refractivity contribution in [2.75, 3.05) is 5.53 Å². The Bertz CT molecular complexity index is 300. The van der Waals surface area contributed by atoms with E-state index in [0.717, 1.165) is 0 Å². The molecule has 0 bridgehead atoms. The fourth-order valence-corrected chi connectivity index (χ4v) is 0.333. The summed E-state index contributed by atoms with van der Waals surface area (Å²) in [4.78, 5) is 20.4. The molecule has 54 valence electrons. The highest BCUT2D eigenvalue weighted by Crippen LogP contribution is 1.62. The zero-order chi connectivity index (χ0) is 7.72. The maximum atomic E-state index is 10.2. The summed E-state index contributed by atoms with van der Waals surface area (Å²) in [6.07, 6.45) is 0. The van der Waals surface area contributed by atoms with E-state index in [4.69, 9.17) is 11.5 Å². The minimum atomic E-state index is -0.648. The quantitative estimate of drug-likeness (QED) is 0.175. The standard InChI is InChI=1S/C3H5N5O2/c4-3(5)6-7-8-1(9)2(8)10/h7H,(H4,4,5,6). The molecule has 7 nitrogen and oxygen atoms in total. The second-order valence-electron chi connectivity index (χ2n) is 1.58. The summed E-state index contributed by atoms with van der Waals surface area (Å²) in [5, 5.41) is 3.19. The fraction of sp³-hybridized carbons (Fsp3) is 0. The van der Waals surface area contributed by atoms with Crippen LogP contribution >= 0.6 is 0 Å². The summed E-state index contributed by atoms with van der Waals surface area (Å²) < 4.78 is 0.680. The lowest BCUT2D eigenvalue weighted by atomic mass is 11.1. The van der Waals surface area contributed by atoms with E-state index in [9.17, 15) is 9.59 Å². The van der Waals surface area contributed by atoms with Gasteiger partial charge in [0.1, 0.15) is 0 Å². The van der Waals surface area contributed by atoms with Gasteiger partial charge in [0.2, 0.25) is 5.96 Å². The van der Waals surface area contributed by atoms with Crippen LogP contribution in [0.3, 0.4) is 0 Å². The van der Waals surface area contributed by atoms with Gasteiger partial charge in [-0.05, 0) is 0 Å². The highest BCUT2D eigenvalue weighted by Gasteiger charge is 2.14. The number of rotatable bonds is 2. The normalized spacial score (nSPS) is 9.60. The van der Waals surface area contributed by atoms with Gasteiger partial charge in [0.15, 0.2) is 0 Å². The summed E-state index contributed by atoms with van der Waals surface area (Å²) in [6.45, 7) is 0. The number of hydrazone groups is 1. The molecular formula is C3H5N5O2. The van der Waals surface area contributed by atoms with Crippen molar-refractivity contribution in [1.82, 2.24) is 4.68 Å². The average molecular weight is 143 g/mol. The first-order valence-corrected chi connectivity index (χ1v) is 2.35. The summed E-state index contributed by atoms with van der Waals surface area (Å²) in [7, 11) is 0. The molecule has 1 aromatic heterocycles. The lowest BCUT2D eigenvalue weighted by molar-refractivity contribution is 0.943. The molecule has 7 heteroatoms. The van der Waals surface area contributed by atoms with Crippen molar-refractivity contribution in [3.8, 4) is 0 Å². The van der Waals surface area contributed by atoms with Gasteiger partial charge in [0.05, 0.1) is 0 Å². The van der Waals surface area contributed by atoms with Crippen LogP contribution in [-0.4, -0.2) is 10.6 Å².